The molecule has 5 heteroatoms. The van der Waals surface area contributed by atoms with Crippen molar-refractivity contribution >= 4 is 13.2 Å². The molecule has 0 aromatic heterocycles. The molecule has 0 atom stereocenters. The minimum atomic E-state index is -0.604. The zero-order chi connectivity index (χ0) is 14.3. The van der Waals surface area contributed by atoms with Crippen LogP contribution in [-0.2, 0) is 9.31 Å². The number of hydrogen-bond acceptors (Lipinski definition) is 2. The molecule has 19 heavy (non-hydrogen) atoms. The predicted octanol–water partition coefficient (Wildman–Crippen LogP) is 3.61. The Morgan fingerprint density at radius 1 is 1.05 bits per heavy atom. The van der Waals surface area contributed by atoms with Crippen molar-refractivity contribution in [2.24, 2.45) is 0 Å². The molecular weight excluding hydrogens is 249 g/mol. The lowest BCUT2D eigenvalue weighted by molar-refractivity contribution is 0.00578. The van der Waals surface area contributed by atoms with E-state index in [9.17, 15) is 8.78 Å². The van der Waals surface area contributed by atoms with Gasteiger partial charge in [0.25, 0.3) is 0 Å². The zero-order valence-electron chi connectivity index (χ0n) is 11.5. The predicted molar refractivity (Wildman–Crippen MR) is 71.5 cm³/mol. The number of halogens is 2. The molecule has 0 bridgehead atoms. The first-order chi connectivity index (χ1) is 8.71. The van der Waals surface area contributed by atoms with Gasteiger partial charge in [-0.1, -0.05) is 12.1 Å². The lowest BCUT2D eigenvalue weighted by Gasteiger charge is -2.32. The van der Waals surface area contributed by atoms with E-state index in [1.807, 2.05) is 27.7 Å². The summed E-state index contributed by atoms with van der Waals surface area (Å²) in [5.74, 6) is 0.436. The van der Waals surface area contributed by atoms with E-state index >= 15 is 0 Å². The molecule has 2 nitrogen and oxygen atoms in total. The second-order valence-corrected chi connectivity index (χ2v) is 5.65. The normalized spacial score (nSPS) is 21.3. The smallest absolute Gasteiger partial charge is 0.400 e. The Morgan fingerprint density at radius 3 is 2.16 bits per heavy atom. The first kappa shape index (κ1) is 14.2. The van der Waals surface area contributed by atoms with Crippen LogP contribution in [0.2, 0.25) is 0 Å². The van der Waals surface area contributed by atoms with Gasteiger partial charge in [-0.15, -0.1) is 0 Å². The highest BCUT2D eigenvalue weighted by atomic mass is 19.1. The van der Waals surface area contributed by atoms with Gasteiger partial charge in [0.15, 0.2) is 0 Å². The molecule has 1 aliphatic heterocycles. The molecule has 0 N–H and O–H groups in total. The van der Waals surface area contributed by atoms with E-state index < -0.39 is 30.0 Å². The van der Waals surface area contributed by atoms with Crippen LogP contribution in [-0.4, -0.2) is 18.3 Å². The van der Waals surface area contributed by atoms with Crippen molar-refractivity contribution in [3.8, 4) is 0 Å². The molecule has 0 aliphatic carbocycles. The van der Waals surface area contributed by atoms with Crippen molar-refractivity contribution < 1.29 is 18.1 Å². The van der Waals surface area contributed by atoms with Crippen LogP contribution in [0, 0.1) is 11.6 Å². The average Bonchev–Trinajstić information content (AvgIpc) is 2.46. The maximum absolute atomic E-state index is 13.5. The standard InChI is InChI=1S/C14H17BF2O2/c1-13(2)14(3,4)19-15(18-13)8-7-10-5-6-11(16)9-12(10)17/h5-9H,1-4H3. The lowest BCUT2D eigenvalue weighted by Crippen LogP contribution is -2.41. The third kappa shape index (κ3) is 2.87. The first-order valence-corrected chi connectivity index (χ1v) is 6.20. The molecule has 0 spiro atoms. The van der Waals surface area contributed by atoms with E-state index in [1.165, 1.54) is 18.2 Å². The summed E-state index contributed by atoms with van der Waals surface area (Å²) in [5, 5.41) is 0. The Morgan fingerprint density at radius 2 is 1.63 bits per heavy atom. The van der Waals surface area contributed by atoms with Crippen molar-refractivity contribution in [3.63, 3.8) is 0 Å². The summed E-state index contributed by atoms with van der Waals surface area (Å²) in [4.78, 5) is 0. The zero-order valence-corrected chi connectivity index (χ0v) is 11.5. The van der Waals surface area contributed by atoms with Gasteiger partial charge in [-0.3, -0.25) is 0 Å². The molecule has 0 unspecified atom stereocenters. The van der Waals surface area contributed by atoms with Crippen molar-refractivity contribution in [2.75, 3.05) is 0 Å². The van der Waals surface area contributed by atoms with Crippen LogP contribution in [0.25, 0.3) is 6.08 Å². The second-order valence-electron chi connectivity index (χ2n) is 5.65. The fraction of sp³-hybridized carbons (Fsp3) is 0.429. The van der Waals surface area contributed by atoms with Crippen LogP contribution in [0.4, 0.5) is 8.78 Å². The highest BCUT2D eigenvalue weighted by Crippen LogP contribution is 2.37. The largest absolute Gasteiger partial charge is 0.487 e. The van der Waals surface area contributed by atoms with Crippen LogP contribution in [0.5, 0.6) is 0 Å². The summed E-state index contributed by atoms with van der Waals surface area (Å²) in [7, 11) is -0.533. The molecule has 1 aromatic carbocycles. The summed E-state index contributed by atoms with van der Waals surface area (Å²) in [6, 6.07) is 3.45. The monoisotopic (exact) mass is 266 g/mol. The summed E-state index contributed by atoms with van der Waals surface area (Å²) < 4.78 is 37.7. The van der Waals surface area contributed by atoms with Gasteiger partial charge >= 0.3 is 7.12 Å². The lowest BCUT2D eigenvalue weighted by atomic mass is 9.89. The van der Waals surface area contributed by atoms with Gasteiger partial charge in [0, 0.05) is 11.6 Å². The fourth-order valence-corrected chi connectivity index (χ4v) is 1.79. The van der Waals surface area contributed by atoms with E-state index in [0.29, 0.717) is 5.56 Å². The molecule has 1 aliphatic rings. The van der Waals surface area contributed by atoms with Crippen LogP contribution >= 0.6 is 0 Å². The Balaban J connectivity index is 2.13. The van der Waals surface area contributed by atoms with Crippen molar-refractivity contribution in [2.45, 2.75) is 38.9 Å². The van der Waals surface area contributed by atoms with Crippen LogP contribution in [0.1, 0.15) is 33.3 Å². The summed E-state index contributed by atoms with van der Waals surface area (Å²) in [5.41, 5.74) is -0.553. The van der Waals surface area contributed by atoms with Gasteiger partial charge in [-0.2, -0.15) is 0 Å². The van der Waals surface area contributed by atoms with E-state index in [4.69, 9.17) is 9.31 Å². The highest BCUT2D eigenvalue weighted by molar-refractivity contribution is 6.52. The van der Waals surface area contributed by atoms with Crippen molar-refractivity contribution in [3.05, 3.63) is 41.4 Å². The van der Waals surface area contributed by atoms with Crippen molar-refractivity contribution in [1.82, 2.24) is 0 Å². The van der Waals surface area contributed by atoms with Crippen LogP contribution in [0.15, 0.2) is 24.2 Å². The maximum Gasteiger partial charge on any atom is 0.487 e. The fourth-order valence-electron chi connectivity index (χ4n) is 1.79. The molecule has 1 fully saturated rings. The SMILES string of the molecule is CC1(C)OB(C=Cc2ccc(F)cc2F)OC1(C)C. The van der Waals surface area contributed by atoms with Crippen LogP contribution < -0.4 is 0 Å². The molecular formula is C14H17BF2O2. The molecule has 102 valence electrons. The van der Waals surface area contributed by atoms with E-state index in [1.54, 1.807) is 5.98 Å². The van der Waals surface area contributed by atoms with Gasteiger partial charge < -0.3 is 9.31 Å². The Bertz CT molecular complexity index is 496. The summed E-state index contributed by atoms with van der Waals surface area (Å²) >= 11 is 0. The maximum atomic E-state index is 13.5. The highest BCUT2D eigenvalue weighted by Gasteiger charge is 2.49. The summed E-state index contributed by atoms with van der Waals surface area (Å²) in [6.07, 6.45) is 1.54. The van der Waals surface area contributed by atoms with Gasteiger partial charge in [0.1, 0.15) is 11.6 Å². The molecule has 0 amide bonds. The molecule has 1 heterocycles. The third-order valence-corrected chi connectivity index (χ3v) is 3.67. The third-order valence-electron chi connectivity index (χ3n) is 3.67. The van der Waals surface area contributed by atoms with E-state index in [-0.39, 0.29) is 0 Å². The average molecular weight is 266 g/mol. The number of benzene rings is 1. The minimum absolute atomic E-state index is 0.302. The van der Waals surface area contributed by atoms with Gasteiger partial charge in [-0.25, -0.2) is 8.78 Å². The minimum Gasteiger partial charge on any atom is -0.400 e. The van der Waals surface area contributed by atoms with Crippen molar-refractivity contribution in [1.29, 1.82) is 0 Å². The summed E-state index contributed by atoms with van der Waals surface area (Å²) in [6.45, 7) is 7.78. The second kappa shape index (κ2) is 4.73. The molecule has 1 saturated heterocycles. The molecule has 2 rings (SSSR count). The Hall–Kier alpha value is -1.20. The van der Waals surface area contributed by atoms with Gasteiger partial charge in [0.05, 0.1) is 11.2 Å². The Labute approximate surface area is 112 Å². The number of hydrogen-bond donors (Lipinski definition) is 0. The topological polar surface area (TPSA) is 18.5 Å². The quantitative estimate of drug-likeness (QED) is 0.761. The van der Waals surface area contributed by atoms with E-state index in [2.05, 4.69) is 0 Å². The Kier molecular flexibility index (Phi) is 3.54. The number of rotatable bonds is 2. The molecule has 0 saturated carbocycles. The molecule has 1 aromatic rings. The van der Waals surface area contributed by atoms with Gasteiger partial charge in [0.2, 0.25) is 0 Å². The van der Waals surface area contributed by atoms with Gasteiger partial charge in [-0.05, 0) is 39.8 Å². The van der Waals surface area contributed by atoms with E-state index in [0.717, 1.165) is 6.07 Å². The molecule has 0 radical (unpaired) electrons. The first-order valence-electron chi connectivity index (χ1n) is 6.20. The van der Waals surface area contributed by atoms with Crippen LogP contribution in [0.3, 0.4) is 0 Å².